The van der Waals surface area contributed by atoms with Gasteiger partial charge in [0.15, 0.2) is 0 Å². The Balaban J connectivity index is 2.56. The largest absolute Gasteiger partial charge is 0.351 e. The SMILES string of the molecule is CN[C@@H](CC(C)C)C(=O)NC1CCCN(S(C)(=O)=O)C1. The average molecular weight is 305 g/mol. The Bertz CT molecular complexity index is 423. The van der Waals surface area contributed by atoms with Crippen molar-refractivity contribution in [1.82, 2.24) is 14.9 Å². The number of nitrogens with one attached hydrogen (secondary N) is 2. The van der Waals surface area contributed by atoms with Gasteiger partial charge in [0, 0.05) is 19.1 Å². The van der Waals surface area contributed by atoms with Crippen LogP contribution in [0.4, 0.5) is 0 Å². The number of carbonyl (C=O) groups is 1. The molecule has 6 nitrogen and oxygen atoms in total. The molecule has 1 aliphatic rings. The van der Waals surface area contributed by atoms with E-state index in [0.717, 1.165) is 19.3 Å². The van der Waals surface area contributed by atoms with Crippen molar-refractivity contribution in [3.05, 3.63) is 0 Å². The number of carbonyl (C=O) groups excluding carboxylic acids is 1. The maximum absolute atomic E-state index is 12.2. The summed E-state index contributed by atoms with van der Waals surface area (Å²) < 4.78 is 24.6. The zero-order chi connectivity index (χ0) is 15.3. The first kappa shape index (κ1) is 17.4. The van der Waals surface area contributed by atoms with Crippen LogP contribution in [-0.4, -0.2) is 57.1 Å². The summed E-state index contributed by atoms with van der Waals surface area (Å²) >= 11 is 0. The first-order chi connectivity index (χ1) is 9.24. The van der Waals surface area contributed by atoms with Gasteiger partial charge in [0.2, 0.25) is 15.9 Å². The summed E-state index contributed by atoms with van der Waals surface area (Å²) in [5.41, 5.74) is 0. The zero-order valence-electron chi connectivity index (χ0n) is 12.8. The Morgan fingerprint density at radius 3 is 2.55 bits per heavy atom. The number of sulfonamides is 1. The van der Waals surface area contributed by atoms with Crippen LogP contribution in [0, 0.1) is 5.92 Å². The average Bonchev–Trinajstić information content (AvgIpc) is 2.34. The van der Waals surface area contributed by atoms with Crippen LogP contribution in [0.5, 0.6) is 0 Å². The first-order valence-corrected chi connectivity index (χ1v) is 9.01. The lowest BCUT2D eigenvalue weighted by Crippen LogP contribution is -2.53. The van der Waals surface area contributed by atoms with Gasteiger partial charge in [-0.25, -0.2) is 12.7 Å². The summed E-state index contributed by atoms with van der Waals surface area (Å²) in [6.45, 7) is 5.07. The van der Waals surface area contributed by atoms with Crippen molar-refractivity contribution in [2.24, 2.45) is 5.92 Å². The van der Waals surface area contributed by atoms with Crippen molar-refractivity contribution < 1.29 is 13.2 Å². The molecule has 0 bridgehead atoms. The third-order valence-electron chi connectivity index (χ3n) is 3.57. The molecule has 0 saturated carbocycles. The van der Waals surface area contributed by atoms with Gasteiger partial charge >= 0.3 is 0 Å². The highest BCUT2D eigenvalue weighted by Crippen LogP contribution is 2.13. The second-order valence-electron chi connectivity index (χ2n) is 5.94. The van der Waals surface area contributed by atoms with Crippen LogP contribution >= 0.6 is 0 Å². The van der Waals surface area contributed by atoms with Crippen molar-refractivity contribution in [2.45, 2.75) is 45.2 Å². The summed E-state index contributed by atoms with van der Waals surface area (Å²) in [6.07, 6.45) is 3.60. The number of hydrogen-bond acceptors (Lipinski definition) is 4. The first-order valence-electron chi connectivity index (χ1n) is 7.16. The number of rotatable bonds is 6. The lowest BCUT2D eigenvalue weighted by molar-refractivity contribution is -0.124. The summed E-state index contributed by atoms with van der Waals surface area (Å²) in [7, 11) is -1.40. The highest BCUT2D eigenvalue weighted by atomic mass is 32.2. The van der Waals surface area contributed by atoms with E-state index in [9.17, 15) is 13.2 Å². The molecule has 1 fully saturated rings. The van der Waals surface area contributed by atoms with E-state index in [0.29, 0.717) is 19.0 Å². The minimum Gasteiger partial charge on any atom is -0.351 e. The predicted octanol–water partition coefficient (Wildman–Crippen LogP) is 0.161. The van der Waals surface area contributed by atoms with Gasteiger partial charge in [0.05, 0.1) is 12.3 Å². The molecule has 118 valence electrons. The van der Waals surface area contributed by atoms with Gasteiger partial charge in [-0.15, -0.1) is 0 Å². The molecule has 1 saturated heterocycles. The van der Waals surface area contributed by atoms with Crippen LogP contribution in [0.15, 0.2) is 0 Å². The maximum Gasteiger partial charge on any atom is 0.237 e. The van der Waals surface area contributed by atoms with E-state index in [1.165, 1.54) is 10.6 Å². The Labute approximate surface area is 122 Å². The van der Waals surface area contributed by atoms with E-state index in [4.69, 9.17) is 0 Å². The molecule has 20 heavy (non-hydrogen) atoms. The molecule has 0 aliphatic carbocycles. The Morgan fingerprint density at radius 2 is 2.05 bits per heavy atom. The number of amides is 1. The highest BCUT2D eigenvalue weighted by molar-refractivity contribution is 7.88. The van der Waals surface area contributed by atoms with E-state index < -0.39 is 10.0 Å². The summed E-state index contributed by atoms with van der Waals surface area (Å²) in [5.74, 6) is 0.388. The van der Waals surface area contributed by atoms with E-state index in [1.807, 2.05) is 0 Å². The Kier molecular flexibility index (Phi) is 6.42. The molecule has 2 N–H and O–H groups in total. The standard InChI is InChI=1S/C13H27N3O3S/c1-10(2)8-12(14-3)13(17)15-11-6-5-7-16(9-11)20(4,18)19/h10-12,14H,5-9H2,1-4H3,(H,15,17)/t11?,12-/m0/s1. The van der Waals surface area contributed by atoms with E-state index in [1.54, 1.807) is 7.05 Å². The van der Waals surface area contributed by atoms with Crippen LogP contribution in [0.3, 0.4) is 0 Å². The second-order valence-corrected chi connectivity index (χ2v) is 7.92. The van der Waals surface area contributed by atoms with E-state index in [2.05, 4.69) is 24.5 Å². The molecule has 0 aromatic rings. The van der Waals surface area contributed by atoms with E-state index in [-0.39, 0.29) is 18.0 Å². The molecule has 0 aromatic carbocycles. The Hall–Kier alpha value is -0.660. The predicted molar refractivity (Wildman–Crippen MR) is 79.9 cm³/mol. The van der Waals surface area contributed by atoms with Crippen molar-refractivity contribution in [3.63, 3.8) is 0 Å². The zero-order valence-corrected chi connectivity index (χ0v) is 13.7. The number of piperidine rings is 1. The Morgan fingerprint density at radius 1 is 1.40 bits per heavy atom. The van der Waals surface area contributed by atoms with Crippen molar-refractivity contribution >= 4 is 15.9 Å². The topological polar surface area (TPSA) is 78.5 Å². The molecule has 1 amide bonds. The van der Waals surface area contributed by atoms with Crippen molar-refractivity contribution in [1.29, 1.82) is 0 Å². The van der Waals surface area contributed by atoms with Crippen LogP contribution in [-0.2, 0) is 14.8 Å². The summed E-state index contributed by atoms with van der Waals surface area (Å²) in [6, 6.07) is -0.308. The maximum atomic E-state index is 12.2. The number of nitrogens with zero attached hydrogens (tertiary/aromatic N) is 1. The minimum atomic E-state index is -3.17. The van der Waals surface area contributed by atoms with E-state index >= 15 is 0 Å². The molecule has 1 unspecified atom stereocenters. The fourth-order valence-corrected chi connectivity index (χ4v) is 3.40. The molecule has 0 radical (unpaired) electrons. The summed E-state index contributed by atoms with van der Waals surface area (Å²) in [4.78, 5) is 12.2. The fourth-order valence-electron chi connectivity index (χ4n) is 2.49. The molecule has 2 atom stereocenters. The normalized spacial score (nSPS) is 22.8. The fraction of sp³-hybridized carbons (Fsp3) is 0.923. The highest BCUT2D eigenvalue weighted by Gasteiger charge is 2.28. The lowest BCUT2D eigenvalue weighted by Gasteiger charge is -2.32. The molecule has 0 aromatic heterocycles. The summed E-state index contributed by atoms with van der Waals surface area (Å²) in [5, 5.41) is 5.99. The molecule has 7 heteroatoms. The minimum absolute atomic E-state index is 0.0402. The van der Waals surface area contributed by atoms with Gasteiger partial charge in [0.25, 0.3) is 0 Å². The third-order valence-corrected chi connectivity index (χ3v) is 4.84. The van der Waals surface area contributed by atoms with Gasteiger partial charge in [-0.1, -0.05) is 13.8 Å². The van der Waals surface area contributed by atoms with Gasteiger partial charge in [-0.05, 0) is 32.2 Å². The number of likely N-dealkylation sites (N-methyl/N-ethyl adjacent to an activating group) is 1. The van der Waals surface area contributed by atoms with Crippen LogP contribution in [0.2, 0.25) is 0 Å². The monoisotopic (exact) mass is 305 g/mol. The molecular formula is C13H27N3O3S. The molecule has 0 spiro atoms. The lowest BCUT2D eigenvalue weighted by atomic mass is 10.0. The second kappa shape index (κ2) is 7.38. The van der Waals surface area contributed by atoms with Gasteiger partial charge < -0.3 is 10.6 Å². The van der Waals surface area contributed by atoms with Gasteiger partial charge in [-0.2, -0.15) is 0 Å². The van der Waals surface area contributed by atoms with Crippen molar-refractivity contribution in [2.75, 3.05) is 26.4 Å². The van der Waals surface area contributed by atoms with Crippen LogP contribution in [0.1, 0.15) is 33.1 Å². The molecular weight excluding hydrogens is 278 g/mol. The van der Waals surface area contributed by atoms with Gasteiger partial charge in [0.1, 0.15) is 0 Å². The van der Waals surface area contributed by atoms with Gasteiger partial charge in [-0.3, -0.25) is 4.79 Å². The molecule has 1 aliphatic heterocycles. The van der Waals surface area contributed by atoms with Crippen molar-refractivity contribution in [3.8, 4) is 0 Å². The molecule has 1 rings (SSSR count). The van der Waals surface area contributed by atoms with Crippen LogP contribution in [0.25, 0.3) is 0 Å². The van der Waals surface area contributed by atoms with Crippen LogP contribution < -0.4 is 10.6 Å². The third kappa shape index (κ3) is 5.38. The molecule has 1 heterocycles. The quantitative estimate of drug-likeness (QED) is 0.733. The smallest absolute Gasteiger partial charge is 0.237 e. The number of hydrogen-bond donors (Lipinski definition) is 2.